The van der Waals surface area contributed by atoms with Crippen LogP contribution in [0.25, 0.3) is 0 Å². The molecule has 2 amide bonds. The first-order valence-corrected chi connectivity index (χ1v) is 14.0. The van der Waals surface area contributed by atoms with Gasteiger partial charge in [-0.25, -0.2) is 4.79 Å². The van der Waals surface area contributed by atoms with E-state index in [0.717, 1.165) is 51.6 Å². The highest BCUT2D eigenvalue weighted by Crippen LogP contribution is 2.40. The van der Waals surface area contributed by atoms with Gasteiger partial charge in [-0.05, 0) is 57.6 Å². The Labute approximate surface area is 211 Å². The zero-order chi connectivity index (χ0) is 24.4. The summed E-state index contributed by atoms with van der Waals surface area (Å²) in [7, 11) is 0. The Morgan fingerprint density at radius 2 is 2.06 bits per heavy atom. The number of amides is 2. The van der Waals surface area contributed by atoms with Gasteiger partial charge in [-0.3, -0.25) is 9.59 Å². The monoisotopic (exact) mass is 519 g/mol. The highest BCUT2D eigenvalue weighted by molar-refractivity contribution is 8.00. The highest BCUT2D eigenvalue weighted by atomic mass is 32.2. The number of hydrogen-bond acceptors (Lipinski definition) is 8. The molecular formula is C24H29N3O4S3. The lowest BCUT2D eigenvalue weighted by Crippen LogP contribution is -2.47. The van der Waals surface area contributed by atoms with Crippen molar-refractivity contribution in [2.75, 3.05) is 29.5 Å². The molecule has 1 unspecified atom stereocenters. The van der Waals surface area contributed by atoms with E-state index in [1.807, 2.05) is 13.8 Å². The van der Waals surface area contributed by atoms with Crippen LogP contribution in [-0.4, -0.2) is 47.1 Å². The van der Waals surface area contributed by atoms with Crippen LogP contribution in [0.4, 0.5) is 10.0 Å². The van der Waals surface area contributed by atoms with Gasteiger partial charge in [0.05, 0.1) is 23.5 Å². The summed E-state index contributed by atoms with van der Waals surface area (Å²) in [5.74, 6) is -0.519. The van der Waals surface area contributed by atoms with Crippen LogP contribution in [-0.2, 0) is 22.4 Å². The number of rotatable bonds is 8. The minimum absolute atomic E-state index is 0.0519. The van der Waals surface area contributed by atoms with E-state index in [1.54, 1.807) is 29.2 Å². The van der Waals surface area contributed by atoms with Gasteiger partial charge >= 0.3 is 5.97 Å². The summed E-state index contributed by atoms with van der Waals surface area (Å²) in [6.45, 7) is 10.2. The first kappa shape index (κ1) is 24.8. The number of ether oxygens (including phenoxy) is 1. The average molecular weight is 520 g/mol. The van der Waals surface area contributed by atoms with Crippen molar-refractivity contribution in [2.24, 2.45) is 0 Å². The molecule has 182 valence electrons. The summed E-state index contributed by atoms with van der Waals surface area (Å²) in [6, 6.07) is 0. The second-order valence-electron chi connectivity index (χ2n) is 8.22. The Morgan fingerprint density at radius 1 is 1.29 bits per heavy atom. The van der Waals surface area contributed by atoms with Crippen LogP contribution in [0.2, 0.25) is 0 Å². The van der Waals surface area contributed by atoms with E-state index in [9.17, 15) is 14.4 Å². The van der Waals surface area contributed by atoms with Crippen LogP contribution in [0, 0.1) is 13.8 Å². The molecule has 2 aromatic rings. The van der Waals surface area contributed by atoms with Crippen molar-refractivity contribution >= 4 is 62.2 Å². The lowest BCUT2D eigenvalue weighted by molar-refractivity contribution is -0.113. The number of nitrogens with one attached hydrogen (secondary N) is 2. The number of nitrogens with zero attached hydrogens (tertiary/aromatic N) is 1. The number of anilines is 2. The summed E-state index contributed by atoms with van der Waals surface area (Å²) < 4.78 is 5.28. The molecule has 2 aliphatic rings. The molecule has 0 fully saturated rings. The molecule has 34 heavy (non-hydrogen) atoms. The number of thiophene rings is 2. The third-order valence-electron chi connectivity index (χ3n) is 6.00. The number of hydrogen-bond donors (Lipinski definition) is 2. The molecule has 1 aliphatic carbocycles. The van der Waals surface area contributed by atoms with Gasteiger partial charge in [0, 0.05) is 16.3 Å². The van der Waals surface area contributed by atoms with Crippen molar-refractivity contribution in [3.8, 4) is 0 Å². The SMILES string of the molecule is C=CCN1C(=O)c2c(sc(C)c2C)NC1SCC(=O)Nc1sc2c(c1C(=O)OCC)CCCC2. The largest absolute Gasteiger partial charge is 0.462 e. The summed E-state index contributed by atoms with van der Waals surface area (Å²) in [5, 5.41) is 7.77. The topological polar surface area (TPSA) is 87.7 Å². The second-order valence-corrected chi connectivity index (χ2v) is 11.6. The van der Waals surface area contributed by atoms with Crippen molar-refractivity contribution in [3.05, 3.63) is 44.7 Å². The van der Waals surface area contributed by atoms with Crippen molar-refractivity contribution in [2.45, 2.75) is 52.0 Å². The Bertz CT molecular complexity index is 1140. The van der Waals surface area contributed by atoms with Crippen molar-refractivity contribution in [3.63, 3.8) is 0 Å². The molecule has 0 aromatic carbocycles. The summed E-state index contributed by atoms with van der Waals surface area (Å²) in [6.07, 6.45) is 5.56. The lowest BCUT2D eigenvalue weighted by Gasteiger charge is -2.35. The molecule has 7 nitrogen and oxygen atoms in total. The van der Waals surface area contributed by atoms with Gasteiger partial charge in [0.15, 0.2) is 5.50 Å². The number of fused-ring (bicyclic) bond motifs is 2. The molecule has 0 saturated heterocycles. The van der Waals surface area contributed by atoms with Crippen LogP contribution in [0.5, 0.6) is 0 Å². The van der Waals surface area contributed by atoms with E-state index in [0.29, 0.717) is 22.7 Å². The Balaban J connectivity index is 1.48. The molecule has 4 rings (SSSR count). The molecule has 1 aliphatic heterocycles. The fourth-order valence-electron chi connectivity index (χ4n) is 4.27. The molecule has 0 saturated carbocycles. The average Bonchev–Trinajstić information content (AvgIpc) is 3.31. The third-order valence-corrected chi connectivity index (χ3v) is 9.46. The minimum atomic E-state index is -0.387. The molecule has 3 heterocycles. The zero-order valence-corrected chi connectivity index (χ0v) is 22.1. The number of carbonyl (C=O) groups excluding carboxylic acids is 3. The number of aryl methyl sites for hydroxylation is 2. The first-order chi connectivity index (χ1) is 16.3. The van der Waals surface area contributed by atoms with E-state index in [-0.39, 0.29) is 35.6 Å². The van der Waals surface area contributed by atoms with Crippen LogP contribution >= 0.6 is 34.4 Å². The third kappa shape index (κ3) is 4.76. The van der Waals surface area contributed by atoms with Crippen LogP contribution in [0.15, 0.2) is 12.7 Å². The summed E-state index contributed by atoms with van der Waals surface area (Å²) in [5.41, 5.74) is 2.83. The highest BCUT2D eigenvalue weighted by Gasteiger charge is 2.35. The predicted octanol–water partition coefficient (Wildman–Crippen LogP) is 5.19. The van der Waals surface area contributed by atoms with Crippen molar-refractivity contribution in [1.82, 2.24) is 4.90 Å². The molecule has 2 aromatic heterocycles. The zero-order valence-electron chi connectivity index (χ0n) is 19.6. The normalized spacial score (nSPS) is 17.0. The van der Waals surface area contributed by atoms with Gasteiger partial charge in [0.2, 0.25) is 5.91 Å². The smallest absolute Gasteiger partial charge is 0.341 e. The van der Waals surface area contributed by atoms with Crippen LogP contribution < -0.4 is 10.6 Å². The maximum atomic E-state index is 13.2. The Kier molecular flexibility index (Phi) is 7.69. The second kappa shape index (κ2) is 10.5. The maximum Gasteiger partial charge on any atom is 0.341 e. The molecule has 0 bridgehead atoms. The molecule has 0 spiro atoms. The van der Waals surface area contributed by atoms with E-state index < -0.39 is 0 Å². The van der Waals surface area contributed by atoms with E-state index in [4.69, 9.17) is 4.74 Å². The van der Waals surface area contributed by atoms with Gasteiger partial charge in [0.1, 0.15) is 10.0 Å². The van der Waals surface area contributed by atoms with E-state index >= 15 is 0 Å². The Hall–Kier alpha value is -2.30. The van der Waals surface area contributed by atoms with Crippen LogP contribution in [0.3, 0.4) is 0 Å². The van der Waals surface area contributed by atoms with Gasteiger partial charge < -0.3 is 20.3 Å². The first-order valence-electron chi connectivity index (χ1n) is 11.4. The molecule has 10 heteroatoms. The van der Waals surface area contributed by atoms with Gasteiger partial charge in [-0.1, -0.05) is 6.08 Å². The molecule has 1 atom stereocenters. The summed E-state index contributed by atoms with van der Waals surface area (Å²) >= 11 is 4.38. The van der Waals surface area contributed by atoms with E-state index in [1.165, 1.54) is 23.1 Å². The van der Waals surface area contributed by atoms with Crippen LogP contribution in [0.1, 0.15) is 61.4 Å². The minimum Gasteiger partial charge on any atom is -0.462 e. The fraction of sp³-hybridized carbons (Fsp3) is 0.458. The quantitative estimate of drug-likeness (QED) is 0.369. The molecule has 0 radical (unpaired) electrons. The van der Waals surface area contributed by atoms with E-state index in [2.05, 4.69) is 17.2 Å². The summed E-state index contributed by atoms with van der Waals surface area (Å²) in [4.78, 5) is 42.7. The van der Waals surface area contributed by atoms with Gasteiger partial charge in [-0.2, -0.15) is 0 Å². The van der Waals surface area contributed by atoms with Gasteiger partial charge in [-0.15, -0.1) is 41.0 Å². The fourth-order valence-corrected chi connectivity index (χ4v) is 7.65. The predicted molar refractivity (Wildman–Crippen MR) is 140 cm³/mol. The molecular weight excluding hydrogens is 490 g/mol. The van der Waals surface area contributed by atoms with Crippen molar-refractivity contribution in [1.29, 1.82) is 0 Å². The number of esters is 1. The molecule has 2 N–H and O–H groups in total. The number of carbonyl (C=O) groups is 3. The van der Waals surface area contributed by atoms with Crippen molar-refractivity contribution < 1.29 is 19.1 Å². The van der Waals surface area contributed by atoms with Gasteiger partial charge in [0.25, 0.3) is 5.91 Å². The number of thioether (sulfide) groups is 1. The Morgan fingerprint density at radius 3 is 2.79 bits per heavy atom. The maximum absolute atomic E-state index is 13.2. The standard InChI is InChI=1S/C24H29N3O4S3/c1-5-11-27-22(29)18-13(3)14(4)33-20(18)26-24(27)32-12-17(28)25-21-19(23(30)31-6-2)15-9-7-8-10-16(15)34-21/h5,24,26H,1,6-12H2,2-4H3,(H,25,28). The lowest BCUT2D eigenvalue weighted by atomic mass is 9.95.